The molecule has 0 unspecified atom stereocenters. The highest BCUT2D eigenvalue weighted by atomic mass is 32.2. The van der Waals surface area contributed by atoms with Gasteiger partial charge in [0.05, 0.1) is 12.9 Å². The van der Waals surface area contributed by atoms with E-state index in [0.29, 0.717) is 23.7 Å². The number of rotatable bonds is 6. The maximum atomic E-state index is 12.9. The van der Waals surface area contributed by atoms with E-state index in [2.05, 4.69) is 4.90 Å². The Hall–Kier alpha value is -1.16. The third kappa shape index (κ3) is 4.23. The van der Waals surface area contributed by atoms with E-state index in [4.69, 9.17) is 4.74 Å². The number of amides is 1. The fourth-order valence-electron chi connectivity index (χ4n) is 3.96. The molecule has 2 saturated carbocycles. The van der Waals surface area contributed by atoms with Crippen molar-refractivity contribution in [2.75, 3.05) is 12.9 Å². The third-order valence-electron chi connectivity index (χ3n) is 5.15. The second-order valence-corrected chi connectivity index (χ2v) is 7.69. The number of benzene rings is 1. The minimum absolute atomic E-state index is 0.338. The highest BCUT2D eigenvalue weighted by Gasteiger charge is 2.33. The molecule has 4 heteroatoms. The summed E-state index contributed by atoms with van der Waals surface area (Å²) in [4.78, 5) is 16.3. The first-order valence-corrected chi connectivity index (χ1v) is 9.84. The molecule has 0 spiro atoms. The molecule has 3 nitrogen and oxygen atoms in total. The van der Waals surface area contributed by atoms with Crippen LogP contribution in [0, 0.1) is 0 Å². The van der Waals surface area contributed by atoms with E-state index < -0.39 is 0 Å². The van der Waals surface area contributed by atoms with Crippen molar-refractivity contribution in [2.45, 2.75) is 68.3 Å². The van der Waals surface area contributed by atoms with Crippen molar-refractivity contribution in [3.05, 3.63) is 24.3 Å². The van der Waals surface area contributed by atoms with Crippen LogP contribution in [-0.4, -0.2) is 35.8 Å². The second-order valence-electron chi connectivity index (χ2n) is 6.64. The molecule has 2 aliphatic rings. The van der Waals surface area contributed by atoms with Crippen molar-refractivity contribution in [2.24, 2.45) is 0 Å². The fourth-order valence-corrected chi connectivity index (χ4v) is 4.73. The molecule has 2 fully saturated rings. The first kappa shape index (κ1) is 16.7. The average molecular weight is 333 g/mol. The lowest BCUT2D eigenvalue weighted by Gasteiger charge is -2.34. The van der Waals surface area contributed by atoms with E-state index in [1.165, 1.54) is 51.4 Å². The highest BCUT2D eigenvalue weighted by molar-refractivity contribution is 8.00. The van der Waals surface area contributed by atoms with Crippen LogP contribution in [-0.2, 0) is 4.79 Å². The maximum absolute atomic E-state index is 12.9. The van der Waals surface area contributed by atoms with E-state index in [1.54, 1.807) is 18.9 Å². The van der Waals surface area contributed by atoms with Crippen LogP contribution in [0.4, 0.5) is 0 Å². The Morgan fingerprint density at radius 2 is 1.57 bits per heavy atom. The summed E-state index contributed by atoms with van der Waals surface area (Å²) < 4.78 is 5.18. The minimum atomic E-state index is 0.338. The largest absolute Gasteiger partial charge is 0.497 e. The van der Waals surface area contributed by atoms with Gasteiger partial charge in [-0.1, -0.05) is 25.7 Å². The van der Waals surface area contributed by atoms with Crippen LogP contribution in [0.25, 0.3) is 0 Å². The van der Waals surface area contributed by atoms with Crippen molar-refractivity contribution in [3.8, 4) is 5.75 Å². The van der Waals surface area contributed by atoms with Gasteiger partial charge in [0.2, 0.25) is 5.91 Å². The summed E-state index contributed by atoms with van der Waals surface area (Å²) in [7, 11) is 1.67. The summed E-state index contributed by atoms with van der Waals surface area (Å²) in [5.74, 6) is 1.75. The molecular weight excluding hydrogens is 306 g/mol. The Balaban J connectivity index is 1.60. The van der Waals surface area contributed by atoms with Gasteiger partial charge in [-0.25, -0.2) is 0 Å². The van der Waals surface area contributed by atoms with Gasteiger partial charge in [-0.2, -0.15) is 0 Å². The number of carbonyl (C=O) groups is 1. The van der Waals surface area contributed by atoms with Gasteiger partial charge in [0.25, 0.3) is 0 Å². The Labute approximate surface area is 143 Å². The van der Waals surface area contributed by atoms with Gasteiger partial charge in [0.1, 0.15) is 5.75 Å². The maximum Gasteiger partial charge on any atom is 0.233 e. The SMILES string of the molecule is COc1ccc(SCC(=O)N(C2CCCC2)C2CCCC2)cc1. The van der Waals surface area contributed by atoms with Gasteiger partial charge >= 0.3 is 0 Å². The second kappa shape index (κ2) is 8.09. The zero-order chi connectivity index (χ0) is 16.1. The van der Waals surface area contributed by atoms with Crippen molar-refractivity contribution in [3.63, 3.8) is 0 Å². The molecule has 1 aromatic rings. The van der Waals surface area contributed by atoms with Gasteiger partial charge in [-0.15, -0.1) is 11.8 Å². The fraction of sp³-hybridized carbons (Fsp3) is 0.632. The Morgan fingerprint density at radius 1 is 1.04 bits per heavy atom. The van der Waals surface area contributed by atoms with Crippen LogP contribution in [0.15, 0.2) is 29.2 Å². The molecule has 0 saturated heterocycles. The molecular formula is C19H27NO2S. The number of ether oxygens (including phenoxy) is 1. The molecule has 1 amide bonds. The summed E-state index contributed by atoms with van der Waals surface area (Å²) in [6.07, 6.45) is 9.95. The van der Waals surface area contributed by atoms with Crippen molar-refractivity contribution in [1.82, 2.24) is 4.90 Å². The lowest BCUT2D eigenvalue weighted by Crippen LogP contribution is -2.46. The smallest absolute Gasteiger partial charge is 0.233 e. The zero-order valence-corrected chi connectivity index (χ0v) is 14.8. The van der Waals surface area contributed by atoms with Crippen LogP contribution < -0.4 is 4.74 Å². The number of nitrogens with zero attached hydrogens (tertiary/aromatic N) is 1. The van der Waals surface area contributed by atoms with Crippen LogP contribution in [0.2, 0.25) is 0 Å². The number of thioether (sulfide) groups is 1. The molecule has 0 atom stereocenters. The number of hydrogen-bond donors (Lipinski definition) is 0. The lowest BCUT2D eigenvalue weighted by atomic mass is 10.1. The molecule has 0 radical (unpaired) electrons. The predicted molar refractivity (Wildman–Crippen MR) is 95.1 cm³/mol. The standard InChI is InChI=1S/C19H27NO2S/c1-22-17-10-12-18(13-11-17)23-14-19(21)20(15-6-2-3-7-15)16-8-4-5-9-16/h10-13,15-16H,2-9,14H2,1H3. The van der Waals surface area contributed by atoms with Gasteiger partial charge in [0.15, 0.2) is 0 Å². The molecule has 3 rings (SSSR count). The predicted octanol–water partition coefficient (Wildman–Crippen LogP) is 4.50. The quantitative estimate of drug-likeness (QED) is 0.718. The summed E-state index contributed by atoms with van der Waals surface area (Å²) in [5, 5.41) is 0. The number of carbonyl (C=O) groups excluding carboxylic acids is 1. The van der Waals surface area contributed by atoms with Gasteiger partial charge in [-0.3, -0.25) is 4.79 Å². The van der Waals surface area contributed by atoms with E-state index in [1.807, 2.05) is 24.3 Å². The summed E-state index contributed by atoms with van der Waals surface area (Å²) in [5.41, 5.74) is 0. The van der Waals surface area contributed by atoms with Gasteiger partial charge in [-0.05, 0) is 49.9 Å². The molecule has 0 bridgehead atoms. The zero-order valence-electron chi connectivity index (χ0n) is 14.0. The third-order valence-corrected chi connectivity index (χ3v) is 6.14. The van der Waals surface area contributed by atoms with Crippen LogP contribution in [0.1, 0.15) is 51.4 Å². The summed E-state index contributed by atoms with van der Waals surface area (Å²) >= 11 is 1.65. The van der Waals surface area contributed by atoms with Crippen LogP contribution in [0.3, 0.4) is 0 Å². The molecule has 0 N–H and O–H groups in total. The molecule has 126 valence electrons. The molecule has 0 heterocycles. The topological polar surface area (TPSA) is 29.5 Å². The summed E-state index contributed by atoms with van der Waals surface area (Å²) in [6, 6.07) is 8.99. The van der Waals surface area contributed by atoms with E-state index in [-0.39, 0.29) is 0 Å². The normalized spacial score (nSPS) is 19.2. The molecule has 0 aliphatic heterocycles. The Bertz CT molecular complexity index is 489. The highest BCUT2D eigenvalue weighted by Crippen LogP contribution is 2.32. The minimum Gasteiger partial charge on any atom is -0.497 e. The molecule has 0 aromatic heterocycles. The number of hydrogen-bond acceptors (Lipinski definition) is 3. The average Bonchev–Trinajstić information content (AvgIpc) is 3.28. The lowest BCUT2D eigenvalue weighted by molar-refractivity contribution is -0.133. The van der Waals surface area contributed by atoms with Crippen molar-refractivity contribution < 1.29 is 9.53 Å². The molecule has 1 aromatic carbocycles. The van der Waals surface area contributed by atoms with Crippen molar-refractivity contribution >= 4 is 17.7 Å². The summed E-state index contributed by atoms with van der Waals surface area (Å²) in [6.45, 7) is 0. The first-order chi connectivity index (χ1) is 11.3. The van der Waals surface area contributed by atoms with E-state index in [0.717, 1.165) is 10.6 Å². The van der Waals surface area contributed by atoms with Crippen LogP contribution >= 0.6 is 11.8 Å². The Kier molecular flexibility index (Phi) is 5.87. The monoisotopic (exact) mass is 333 g/mol. The van der Waals surface area contributed by atoms with E-state index in [9.17, 15) is 4.79 Å². The van der Waals surface area contributed by atoms with Crippen molar-refractivity contribution in [1.29, 1.82) is 0 Å². The first-order valence-electron chi connectivity index (χ1n) is 8.86. The van der Waals surface area contributed by atoms with Gasteiger partial charge in [0, 0.05) is 17.0 Å². The Morgan fingerprint density at radius 3 is 2.04 bits per heavy atom. The van der Waals surface area contributed by atoms with E-state index >= 15 is 0 Å². The number of methoxy groups -OCH3 is 1. The molecule has 2 aliphatic carbocycles. The van der Waals surface area contributed by atoms with Crippen LogP contribution in [0.5, 0.6) is 5.75 Å². The molecule has 23 heavy (non-hydrogen) atoms. The van der Waals surface area contributed by atoms with Gasteiger partial charge < -0.3 is 9.64 Å².